The molecular formula is C17H26N2O3S. The normalized spacial score (nSPS) is 11.9. The summed E-state index contributed by atoms with van der Waals surface area (Å²) in [7, 11) is 0. The minimum Gasteiger partial charge on any atom is -0.455 e. The van der Waals surface area contributed by atoms with Crippen molar-refractivity contribution in [1.82, 2.24) is 10.9 Å². The third-order valence-electron chi connectivity index (χ3n) is 3.27. The molecule has 23 heavy (non-hydrogen) atoms. The van der Waals surface area contributed by atoms with Gasteiger partial charge in [-0.1, -0.05) is 37.3 Å². The van der Waals surface area contributed by atoms with Crippen LogP contribution in [0.15, 0.2) is 30.3 Å². The summed E-state index contributed by atoms with van der Waals surface area (Å²) in [6, 6.07) is 9.36. The summed E-state index contributed by atoms with van der Waals surface area (Å²) >= 11 is 1.56. The summed E-state index contributed by atoms with van der Waals surface area (Å²) in [5.41, 5.74) is 7.00. The Morgan fingerprint density at radius 3 is 2.52 bits per heavy atom. The summed E-state index contributed by atoms with van der Waals surface area (Å²) in [5.74, 6) is -0.874. The van der Waals surface area contributed by atoms with E-state index in [-0.39, 0.29) is 12.5 Å². The van der Waals surface area contributed by atoms with Crippen molar-refractivity contribution in [2.45, 2.75) is 26.4 Å². The summed E-state index contributed by atoms with van der Waals surface area (Å²) < 4.78 is 5.13. The zero-order chi connectivity index (χ0) is 16.9. The fourth-order valence-electron chi connectivity index (χ4n) is 2.00. The highest BCUT2D eigenvalue weighted by Gasteiger charge is 2.26. The van der Waals surface area contributed by atoms with Crippen LogP contribution in [0.2, 0.25) is 0 Å². The highest BCUT2D eigenvalue weighted by atomic mass is 32.2. The van der Waals surface area contributed by atoms with Gasteiger partial charge in [0.15, 0.2) is 0 Å². The van der Waals surface area contributed by atoms with Crippen LogP contribution < -0.4 is 10.9 Å². The predicted molar refractivity (Wildman–Crippen MR) is 94.0 cm³/mol. The van der Waals surface area contributed by atoms with Gasteiger partial charge in [-0.2, -0.15) is 11.8 Å². The van der Waals surface area contributed by atoms with E-state index in [4.69, 9.17) is 4.74 Å². The van der Waals surface area contributed by atoms with Gasteiger partial charge in [0.1, 0.15) is 6.61 Å². The number of ketones is 1. The lowest BCUT2D eigenvalue weighted by atomic mass is 10.0. The topological polar surface area (TPSA) is 67.4 Å². The SMILES string of the molecule is CCCNNCCC(CSC)C(=O)C(=O)OCc1ccccc1. The molecule has 0 radical (unpaired) electrons. The minimum absolute atomic E-state index is 0.133. The van der Waals surface area contributed by atoms with E-state index in [9.17, 15) is 9.59 Å². The monoisotopic (exact) mass is 338 g/mol. The van der Waals surface area contributed by atoms with Gasteiger partial charge in [-0.05, 0) is 24.7 Å². The number of hydrogen-bond donors (Lipinski definition) is 2. The molecule has 0 aliphatic carbocycles. The fourth-order valence-corrected chi connectivity index (χ4v) is 2.72. The highest BCUT2D eigenvalue weighted by molar-refractivity contribution is 7.98. The molecule has 0 heterocycles. The molecule has 1 aromatic rings. The third-order valence-corrected chi connectivity index (χ3v) is 4.01. The van der Waals surface area contributed by atoms with Crippen molar-refractivity contribution in [2.75, 3.05) is 25.1 Å². The highest BCUT2D eigenvalue weighted by Crippen LogP contribution is 2.12. The molecule has 0 aliphatic rings. The molecule has 0 bridgehead atoms. The van der Waals surface area contributed by atoms with Crippen LogP contribution in [0, 0.1) is 5.92 Å². The van der Waals surface area contributed by atoms with Crippen molar-refractivity contribution in [3.63, 3.8) is 0 Å². The minimum atomic E-state index is -0.741. The Hall–Kier alpha value is -1.37. The molecule has 1 aromatic carbocycles. The summed E-state index contributed by atoms with van der Waals surface area (Å²) in [6.45, 7) is 3.73. The second-order valence-electron chi connectivity index (χ2n) is 5.22. The van der Waals surface area contributed by atoms with Crippen LogP contribution in [0.3, 0.4) is 0 Å². The van der Waals surface area contributed by atoms with Crippen LogP contribution in [-0.2, 0) is 20.9 Å². The standard InChI is InChI=1S/C17H26N2O3S/c1-3-10-18-19-11-9-15(13-23-2)16(20)17(21)22-12-14-7-5-4-6-8-14/h4-8,15,18-19H,3,9-13H2,1-2H3. The first-order valence-corrected chi connectivity index (χ1v) is 9.28. The number of thioether (sulfide) groups is 1. The van der Waals surface area contributed by atoms with Gasteiger partial charge >= 0.3 is 5.97 Å². The van der Waals surface area contributed by atoms with Crippen LogP contribution in [0.5, 0.6) is 0 Å². The van der Waals surface area contributed by atoms with Crippen LogP contribution >= 0.6 is 11.8 Å². The van der Waals surface area contributed by atoms with Gasteiger partial charge in [-0.25, -0.2) is 4.79 Å². The Morgan fingerprint density at radius 1 is 1.17 bits per heavy atom. The van der Waals surface area contributed by atoms with Crippen LogP contribution in [0.25, 0.3) is 0 Å². The number of rotatable bonds is 12. The summed E-state index contributed by atoms with van der Waals surface area (Å²) in [5, 5.41) is 0. The largest absolute Gasteiger partial charge is 0.455 e. The smallest absolute Gasteiger partial charge is 0.375 e. The van der Waals surface area contributed by atoms with E-state index in [1.807, 2.05) is 36.6 Å². The molecule has 0 saturated carbocycles. The first-order chi connectivity index (χ1) is 11.2. The van der Waals surface area contributed by atoms with Gasteiger partial charge in [0, 0.05) is 24.8 Å². The predicted octanol–water partition coefficient (Wildman–Crippen LogP) is 2.17. The first kappa shape index (κ1) is 19.7. The average Bonchev–Trinajstić information content (AvgIpc) is 2.58. The molecule has 5 nitrogen and oxygen atoms in total. The number of ether oxygens (including phenoxy) is 1. The Bertz CT molecular complexity index is 468. The second-order valence-corrected chi connectivity index (χ2v) is 6.13. The maximum absolute atomic E-state index is 12.2. The van der Waals surface area contributed by atoms with Crippen molar-refractivity contribution in [2.24, 2.45) is 5.92 Å². The quantitative estimate of drug-likeness (QED) is 0.263. The molecular weight excluding hydrogens is 312 g/mol. The van der Waals surface area contributed by atoms with Gasteiger partial charge in [0.2, 0.25) is 5.78 Å². The lowest BCUT2D eigenvalue weighted by Crippen LogP contribution is -2.36. The maximum atomic E-state index is 12.2. The molecule has 1 unspecified atom stereocenters. The molecule has 0 amide bonds. The Kier molecular flexibility index (Phi) is 10.4. The van der Waals surface area contributed by atoms with Crippen molar-refractivity contribution < 1.29 is 14.3 Å². The number of carbonyl (C=O) groups excluding carboxylic acids is 2. The average molecular weight is 338 g/mol. The van der Waals surface area contributed by atoms with Crippen LogP contribution in [0.1, 0.15) is 25.3 Å². The molecule has 0 aliphatic heterocycles. The van der Waals surface area contributed by atoms with Crippen molar-refractivity contribution >= 4 is 23.5 Å². The van der Waals surface area contributed by atoms with E-state index in [1.165, 1.54) is 0 Å². The van der Waals surface area contributed by atoms with Crippen LogP contribution in [0.4, 0.5) is 0 Å². The van der Waals surface area contributed by atoms with Crippen molar-refractivity contribution in [1.29, 1.82) is 0 Å². The van der Waals surface area contributed by atoms with Crippen molar-refractivity contribution in [3.05, 3.63) is 35.9 Å². The molecule has 128 valence electrons. The van der Waals surface area contributed by atoms with E-state index in [0.29, 0.717) is 18.7 Å². The molecule has 1 atom stereocenters. The number of nitrogens with one attached hydrogen (secondary N) is 2. The number of benzene rings is 1. The number of hydrogen-bond acceptors (Lipinski definition) is 6. The van der Waals surface area contributed by atoms with E-state index in [0.717, 1.165) is 18.5 Å². The zero-order valence-electron chi connectivity index (χ0n) is 13.8. The second kappa shape index (κ2) is 12.1. The first-order valence-electron chi connectivity index (χ1n) is 7.88. The molecule has 0 aromatic heterocycles. The Morgan fingerprint density at radius 2 is 1.87 bits per heavy atom. The van der Waals surface area contributed by atoms with Gasteiger partial charge < -0.3 is 4.74 Å². The Balaban J connectivity index is 2.40. The van der Waals surface area contributed by atoms with E-state index in [1.54, 1.807) is 11.8 Å². The molecule has 1 rings (SSSR count). The summed E-state index contributed by atoms with van der Waals surface area (Å²) in [4.78, 5) is 24.2. The summed E-state index contributed by atoms with van der Waals surface area (Å²) in [6.07, 6.45) is 3.57. The van der Waals surface area contributed by atoms with E-state index in [2.05, 4.69) is 17.8 Å². The van der Waals surface area contributed by atoms with Gasteiger partial charge in [-0.3, -0.25) is 15.6 Å². The molecule has 0 fully saturated rings. The maximum Gasteiger partial charge on any atom is 0.375 e. The fraction of sp³-hybridized carbons (Fsp3) is 0.529. The van der Waals surface area contributed by atoms with Crippen LogP contribution in [-0.4, -0.2) is 36.9 Å². The van der Waals surface area contributed by atoms with E-state index >= 15 is 0 Å². The van der Waals surface area contributed by atoms with Crippen molar-refractivity contribution in [3.8, 4) is 0 Å². The molecule has 0 spiro atoms. The molecule has 6 heteroatoms. The van der Waals surface area contributed by atoms with Gasteiger partial charge in [-0.15, -0.1) is 0 Å². The van der Waals surface area contributed by atoms with Gasteiger partial charge in [0.25, 0.3) is 0 Å². The Labute approximate surface area is 142 Å². The van der Waals surface area contributed by atoms with E-state index < -0.39 is 11.8 Å². The molecule has 0 saturated heterocycles. The number of Topliss-reactive ketones (excluding diaryl/α,β-unsaturated/α-hetero) is 1. The lowest BCUT2D eigenvalue weighted by Gasteiger charge is -2.14. The number of carbonyl (C=O) groups is 2. The zero-order valence-corrected chi connectivity index (χ0v) is 14.7. The number of esters is 1. The third kappa shape index (κ3) is 8.16. The number of hydrazine groups is 1. The van der Waals surface area contributed by atoms with Gasteiger partial charge in [0.05, 0.1) is 0 Å². The molecule has 2 N–H and O–H groups in total. The lowest BCUT2D eigenvalue weighted by molar-refractivity contribution is -0.156.